The number of hydrazone groups is 1. The van der Waals surface area contributed by atoms with Crippen molar-refractivity contribution in [3.63, 3.8) is 0 Å². The van der Waals surface area contributed by atoms with Crippen molar-refractivity contribution in [1.82, 2.24) is 9.91 Å². The Kier molecular flexibility index (Phi) is 10.1. The van der Waals surface area contributed by atoms with Gasteiger partial charge in [-0.15, -0.1) is 0 Å². The van der Waals surface area contributed by atoms with Crippen LogP contribution in [0.4, 0.5) is 15.3 Å². The first-order valence-electron chi connectivity index (χ1n) is 12.9. The van der Waals surface area contributed by atoms with E-state index in [4.69, 9.17) is 21.1 Å². The van der Waals surface area contributed by atoms with Crippen molar-refractivity contribution in [1.29, 1.82) is 0 Å². The molecule has 3 rings (SSSR count). The maximum atomic E-state index is 12.7. The molecule has 0 aromatic heterocycles. The van der Waals surface area contributed by atoms with E-state index in [1.165, 1.54) is 17.0 Å². The number of halogens is 1. The average Bonchev–Trinajstić information content (AvgIpc) is 2.85. The van der Waals surface area contributed by atoms with E-state index in [0.29, 0.717) is 33.3 Å². The molecule has 41 heavy (non-hydrogen) atoms. The summed E-state index contributed by atoms with van der Waals surface area (Å²) in [6.45, 7) is 10.5. The minimum Gasteiger partial charge on any atom is -0.444 e. The molecule has 12 heteroatoms. The van der Waals surface area contributed by atoms with Crippen molar-refractivity contribution in [3.05, 3.63) is 58.6 Å². The molecule has 0 fully saturated rings. The summed E-state index contributed by atoms with van der Waals surface area (Å²) in [4.78, 5) is 51.2. The van der Waals surface area contributed by atoms with E-state index in [0.717, 1.165) is 11.8 Å². The Labute approximate surface area is 249 Å². The van der Waals surface area contributed by atoms with Crippen LogP contribution in [0.5, 0.6) is 5.75 Å². The summed E-state index contributed by atoms with van der Waals surface area (Å²) >= 11 is 7.32. The highest BCUT2D eigenvalue weighted by atomic mass is 35.5. The molecule has 2 aromatic rings. The SMILES string of the molecule is CN(CC(=O)Nc1cccc(CN2N=C(c3cc(Cl)ccc3OC(=O)C(C)(C)C)CSC2=O)c1)C(=O)OC(C)(C)C. The lowest BCUT2D eigenvalue weighted by Crippen LogP contribution is -2.38. The van der Waals surface area contributed by atoms with Gasteiger partial charge in [0.1, 0.15) is 17.9 Å². The highest BCUT2D eigenvalue weighted by Gasteiger charge is 2.28. The van der Waals surface area contributed by atoms with Crippen LogP contribution in [0.2, 0.25) is 5.02 Å². The number of anilines is 1. The number of benzene rings is 2. The number of rotatable bonds is 7. The van der Waals surface area contributed by atoms with E-state index in [9.17, 15) is 19.2 Å². The number of amides is 3. The molecule has 2 aromatic carbocycles. The van der Waals surface area contributed by atoms with Crippen molar-refractivity contribution < 1.29 is 28.7 Å². The molecular weight excluding hydrogens is 568 g/mol. The second-order valence-corrected chi connectivity index (χ2v) is 12.9. The number of likely N-dealkylation sites (N-methyl/N-ethyl adjacent to an activating group) is 1. The molecule has 0 bridgehead atoms. The predicted octanol–water partition coefficient (Wildman–Crippen LogP) is 6.17. The number of carbonyl (C=O) groups excluding carboxylic acids is 4. The molecule has 0 saturated heterocycles. The third-order valence-electron chi connectivity index (χ3n) is 5.48. The molecule has 0 radical (unpaired) electrons. The van der Waals surface area contributed by atoms with Crippen LogP contribution in [-0.2, 0) is 20.9 Å². The van der Waals surface area contributed by atoms with Gasteiger partial charge in [-0.25, -0.2) is 9.80 Å². The van der Waals surface area contributed by atoms with Crippen molar-refractivity contribution in [3.8, 4) is 5.75 Å². The minimum atomic E-state index is -0.715. The van der Waals surface area contributed by atoms with Gasteiger partial charge in [-0.3, -0.25) is 14.4 Å². The molecular formula is C29H35ClN4O6S. The van der Waals surface area contributed by atoms with Gasteiger partial charge in [-0.05, 0) is 77.4 Å². The molecule has 1 aliphatic heterocycles. The molecule has 1 heterocycles. The van der Waals surface area contributed by atoms with Gasteiger partial charge >= 0.3 is 17.3 Å². The topological polar surface area (TPSA) is 118 Å². The lowest BCUT2D eigenvalue weighted by atomic mass is 9.97. The summed E-state index contributed by atoms with van der Waals surface area (Å²) in [7, 11) is 1.48. The van der Waals surface area contributed by atoms with Crippen molar-refractivity contribution in [2.75, 3.05) is 24.7 Å². The molecule has 0 spiro atoms. The monoisotopic (exact) mass is 602 g/mol. The van der Waals surface area contributed by atoms with Crippen LogP contribution in [0.3, 0.4) is 0 Å². The van der Waals surface area contributed by atoms with E-state index in [2.05, 4.69) is 10.4 Å². The Balaban J connectivity index is 1.74. The van der Waals surface area contributed by atoms with Gasteiger partial charge in [0.15, 0.2) is 0 Å². The number of hydrogen-bond acceptors (Lipinski definition) is 8. The van der Waals surface area contributed by atoms with Crippen LogP contribution in [0, 0.1) is 5.41 Å². The van der Waals surface area contributed by atoms with E-state index in [1.807, 2.05) is 0 Å². The average molecular weight is 603 g/mol. The predicted molar refractivity (Wildman–Crippen MR) is 160 cm³/mol. The third kappa shape index (κ3) is 9.50. The van der Waals surface area contributed by atoms with E-state index >= 15 is 0 Å². The highest BCUT2D eigenvalue weighted by Crippen LogP contribution is 2.30. The summed E-state index contributed by atoms with van der Waals surface area (Å²) in [5.74, 6) is -0.228. The summed E-state index contributed by atoms with van der Waals surface area (Å²) in [5.41, 5.74) is 0.880. The summed E-state index contributed by atoms with van der Waals surface area (Å²) in [6.07, 6.45) is -0.604. The largest absolute Gasteiger partial charge is 0.444 e. The first-order chi connectivity index (χ1) is 19.0. The van der Waals surface area contributed by atoms with E-state index < -0.39 is 29.0 Å². The molecule has 1 aliphatic rings. The molecule has 10 nitrogen and oxygen atoms in total. The van der Waals surface area contributed by atoms with Gasteiger partial charge < -0.3 is 19.7 Å². The number of carbonyl (C=O) groups is 4. The van der Waals surface area contributed by atoms with Gasteiger partial charge in [0.25, 0.3) is 0 Å². The van der Waals surface area contributed by atoms with E-state index in [-0.39, 0.29) is 24.1 Å². The second-order valence-electron chi connectivity index (χ2n) is 11.5. The van der Waals surface area contributed by atoms with Gasteiger partial charge in [0.05, 0.1) is 17.7 Å². The molecule has 1 N–H and O–H groups in total. The molecule has 0 saturated carbocycles. The zero-order valence-electron chi connectivity index (χ0n) is 24.2. The third-order valence-corrected chi connectivity index (χ3v) is 6.59. The lowest BCUT2D eigenvalue weighted by Gasteiger charge is -2.25. The van der Waals surface area contributed by atoms with Crippen molar-refractivity contribution in [2.24, 2.45) is 10.5 Å². The quantitative estimate of drug-likeness (QED) is 0.297. The van der Waals surface area contributed by atoms with Gasteiger partial charge in [-0.1, -0.05) is 35.5 Å². The van der Waals surface area contributed by atoms with Crippen LogP contribution in [0.1, 0.15) is 52.7 Å². The smallest absolute Gasteiger partial charge is 0.410 e. The zero-order chi connectivity index (χ0) is 30.5. The fourth-order valence-electron chi connectivity index (χ4n) is 3.46. The minimum absolute atomic E-state index is 0.133. The normalized spacial score (nSPS) is 13.8. The van der Waals surface area contributed by atoms with Crippen LogP contribution in [0.25, 0.3) is 0 Å². The number of ether oxygens (including phenoxy) is 2. The van der Waals surface area contributed by atoms with Gasteiger partial charge in [-0.2, -0.15) is 5.10 Å². The Morgan fingerprint density at radius 2 is 1.80 bits per heavy atom. The summed E-state index contributed by atoms with van der Waals surface area (Å²) in [5, 5.41) is 8.83. The molecule has 0 aliphatic carbocycles. The molecule has 0 atom stereocenters. The van der Waals surface area contributed by atoms with Crippen LogP contribution in [0.15, 0.2) is 47.6 Å². The first kappa shape index (κ1) is 32.0. The number of nitrogens with one attached hydrogen (secondary N) is 1. The highest BCUT2D eigenvalue weighted by molar-refractivity contribution is 8.14. The Morgan fingerprint density at radius 3 is 2.46 bits per heavy atom. The van der Waals surface area contributed by atoms with Crippen LogP contribution < -0.4 is 10.1 Å². The fourth-order valence-corrected chi connectivity index (χ4v) is 4.36. The number of esters is 1. The Morgan fingerprint density at radius 1 is 1.10 bits per heavy atom. The standard InChI is InChI=1S/C29H35ClN4O6S/c1-28(2,3)25(36)39-23-12-11-19(30)14-21(23)22-17-41-27(38)34(32-22)15-18-9-8-10-20(13-18)31-24(35)16-33(7)26(37)40-29(4,5)6/h8-14H,15-17H2,1-7H3,(H,31,35). The Bertz CT molecular complexity index is 1370. The first-order valence-corrected chi connectivity index (χ1v) is 14.2. The maximum Gasteiger partial charge on any atom is 0.410 e. The maximum absolute atomic E-state index is 12.7. The van der Waals surface area contributed by atoms with Crippen molar-refractivity contribution >= 4 is 58.0 Å². The Hall–Kier alpha value is -3.57. The lowest BCUT2D eigenvalue weighted by molar-refractivity contribution is -0.143. The number of thioether (sulfide) groups is 1. The van der Waals surface area contributed by atoms with Crippen LogP contribution in [-0.4, -0.2) is 63.8 Å². The fraction of sp³-hybridized carbons (Fsp3) is 0.414. The molecule has 3 amide bonds. The van der Waals surface area contributed by atoms with Gasteiger partial charge in [0.2, 0.25) is 5.91 Å². The van der Waals surface area contributed by atoms with Crippen molar-refractivity contribution in [2.45, 2.75) is 53.7 Å². The van der Waals surface area contributed by atoms with Gasteiger partial charge in [0, 0.05) is 29.1 Å². The molecule has 0 unspecified atom stereocenters. The number of nitrogens with zero attached hydrogens (tertiary/aromatic N) is 3. The summed E-state index contributed by atoms with van der Waals surface area (Å²) in [6, 6.07) is 11.9. The molecule has 220 valence electrons. The van der Waals surface area contributed by atoms with E-state index in [1.54, 1.807) is 84.0 Å². The number of hydrogen-bond donors (Lipinski definition) is 1. The zero-order valence-corrected chi connectivity index (χ0v) is 25.8. The second kappa shape index (κ2) is 12.9. The van der Waals surface area contributed by atoms with Crippen LogP contribution >= 0.6 is 23.4 Å². The summed E-state index contributed by atoms with van der Waals surface area (Å²) < 4.78 is 10.9.